The molecule has 1 unspecified atom stereocenters. The first-order valence-corrected chi connectivity index (χ1v) is 7.92. The Morgan fingerprint density at radius 1 is 1.27 bits per heavy atom. The van der Waals surface area contributed by atoms with Gasteiger partial charge in [-0.15, -0.1) is 0 Å². The van der Waals surface area contributed by atoms with Crippen LogP contribution in [-0.2, 0) is 13.5 Å². The van der Waals surface area contributed by atoms with Crippen molar-refractivity contribution in [1.82, 2.24) is 15.1 Å². The summed E-state index contributed by atoms with van der Waals surface area (Å²) in [6.45, 7) is 9.56. The van der Waals surface area contributed by atoms with Crippen LogP contribution in [0.3, 0.4) is 0 Å². The molecule has 2 aromatic rings. The average molecular weight is 297 g/mol. The van der Waals surface area contributed by atoms with Crippen LogP contribution >= 0.6 is 0 Å². The van der Waals surface area contributed by atoms with Gasteiger partial charge in [-0.05, 0) is 45.2 Å². The fourth-order valence-electron chi connectivity index (χ4n) is 2.71. The normalized spacial score (nSPS) is 13.4. The van der Waals surface area contributed by atoms with Crippen LogP contribution in [0.15, 0.2) is 35.9 Å². The molecule has 0 aliphatic rings. The Kier molecular flexibility index (Phi) is 5.56. The molecule has 1 aromatic carbocycles. The summed E-state index contributed by atoms with van der Waals surface area (Å²) >= 11 is 0. The van der Waals surface area contributed by atoms with Gasteiger partial charge < -0.3 is 5.32 Å². The minimum Gasteiger partial charge on any atom is -0.310 e. The van der Waals surface area contributed by atoms with Gasteiger partial charge in [-0.3, -0.25) is 4.68 Å². The first-order chi connectivity index (χ1) is 10.5. The van der Waals surface area contributed by atoms with Crippen molar-refractivity contribution in [2.45, 2.75) is 40.2 Å². The standard InChI is InChI=1S/C19H27N3/c1-14(11-18-9-7-6-8-10-18)13-20-15(2)12-19-16(3)21-22(5)17(19)4/h6-11,15,20H,12-13H2,1-5H3. The smallest absolute Gasteiger partial charge is 0.0628 e. The molecule has 0 radical (unpaired) electrons. The molecule has 0 aliphatic carbocycles. The summed E-state index contributed by atoms with van der Waals surface area (Å²) in [4.78, 5) is 0. The quantitative estimate of drug-likeness (QED) is 0.882. The van der Waals surface area contributed by atoms with Crippen LogP contribution in [0.2, 0.25) is 0 Å². The van der Waals surface area contributed by atoms with Crippen molar-refractivity contribution in [3.63, 3.8) is 0 Å². The van der Waals surface area contributed by atoms with E-state index in [0.29, 0.717) is 6.04 Å². The molecule has 1 atom stereocenters. The fourth-order valence-corrected chi connectivity index (χ4v) is 2.71. The largest absolute Gasteiger partial charge is 0.310 e. The predicted octanol–water partition coefficient (Wildman–Crippen LogP) is 3.66. The van der Waals surface area contributed by atoms with E-state index in [1.54, 1.807) is 0 Å². The summed E-state index contributed by atoms with van der Waals surface area (Å²) in [5, 5.41) is 8.10. The van der Waals surface area contributed by atoms with E-state index in [9.17, 15) is 0 Å². The number of rotatable bonds is 6. The van der Waals surface area contributed by atoms with E-state index >= 15 is 0 Å². The lowest BCUT2D eigenvalue weighted by Gasteiger charge is -2.14. The first-order valence-electron chi connectivity index (χ1n) is 7.92. The second-order valence-corrected chi connectivity index (χ2v) is 6.16. The van der Waals surface area contributed by atoms with Gasteiger partial charge in [-0.25, -0.2) is 0 Å². The molecule has 3 nitrogen and oxygen atoms in total. The van der Waals surface area contributed by atoms with Crippen molar-refractivity contribution in [1.29, 1.82) is 0 Å². The van der Waals surface area contributed by atoms with Crippen LogP contribution in [0.25, 0.3) is 6.08 Å². The Balaban J connectivity index is 1.90. The molecule has 0 fully saturated rings. The van der Waals surface area contributed by atoms with Crippen molar-refractivity contribution < 1.29 is 0 Å². The van der Waals surface area contributed by atoms with E-state index in [2.05, 4.69) is 68.5 Å². The molecular weight excluding hydrogens is 270 g/mol. The SMILES string of the molecule is CC(=Cc1ccccc1)CNC(C)Cc1c(C)nn(C)c1C. The van der Waals surface area contributed by atoms with Crippen molar-refractivity contribution in [2.75, 3.05) is 6.54 Å². The van der Waals surface area contributed by atoms with E-state index in [1.807, 2.05) is 17.8 Å². The van der Waals surface area contributed by atoms with E-state index in [1.165, 1.54) is 22.4 Å². The van der Waals surface area contributed by atoms with Gasteiger partial charge in [0.05, 0.1) is 5.69 Å². The molecule has 0 bridgehead atoms. The van der Waals surface area contributed by atoms with Gasteiger partial charge in [0.2, 0.25) is 0 Å². The molecule has 1 N–H and O–H groups in total. The lowest BCUT2D eigenvalue weighted by molar-refractivity contribution is 0.570. The number of aryl methyl sites for hydroxylation is 2. The molecule has 1 aromatic heterocycles. The number of benzene rings is 1. The summed E-state index contributed by atoms with van der Waals surface area (Å²) < 4.78 is 1.97. The summed E-state index contributed by atoms with van der Waals surface area (Å²) in [5.74, 6) is 0. The minimum atomic E-state index is 0.431. The van der Waals surface area contributed by atoms with E-state index < -0.39 is 0 Å². The summed E-state index contributed by atoms with van der Waals surface area (Å²) in [6.07, 6.45) is 3.25. The van der Waals surface area contributed by atoms with Crippen LogP contribution in [0.1, 0.15) is 36.4 Å². The zero-order valence-corrected chi connectivity index (χ0v) is 14.4. The van der Waals surface area contributed by atoms with Gasteiger partial charge in [0.1, 0.15) is 0 Å². The molecule has 22 heavy (non-hydrogen) atoms. The van der Waals surface area contributed by atoms with Crippen LogP contribution < -0.4 is 5.32 Å². The van der Waals surface area contributed by atoms with Gasteiger partial charge in [-0.2, -0.15) is 5.10 Å². The van der Waals surface area contributed by atoms with Crippen molar-refractivity contribution in [2.24, 2.45) is 7.05 Å². The molecule has 1 heterocycles. The van der Waals surface area contributed by atoms with Gasteiger partial charge in [0.15, 0.2) is 0 Å². The maximum atomic E-state index is 4.49. The first kappa shape index (κ1) is 16.5. The minimum absolute atomic E-state index is 0.431. The third-order valence-electron chi connectivity index (χ3n) is 4.11. The van der Waals surface area contributed by atoms with Crippen molar-refractivity contribution in [3.05, 3.63) is 58.4 Å². The third-order valence-corrected chi connectivity index (χ3v) is 4.11. The zero-order chi connectivity index (χ0) is 16.1. The second kappa shape index (κ2) is 7.41. The van der Waals surface area contributed by atoms with Crippen molar-refractivity contribution >= 4 is 6.08 Å². The van der Waals surface area contributed by atoms with Crippen LogP contribution in [0.5, 0.6) is 0 Å². The Hall–Kier alpha value is -1.87. The topological polar surface area (TPSA) is 29.9 Å². The van der Waals surface area contributed by atoms with E-state index in [-0.39, 0.29) is 0 Å². The number of hydrogen-bond donors (Lipinski definition) is 1. The molecule has 0 aliphatic heterocycles. The molecule has 0 amide bonds. The maximum absolute atomic E-state index is 4.49. The summed E-state index contributed by atoms with van der Waals surface area (Å²) in [6, 6.07) is 10.9. The second-order valence-electron chi connectivity index (χ2n) is 6.16. The maximum Gasteiger partial charge on any atom is 0.0628 e. The zero-order valence-electron chi connectivity index (χ0n) is 14.4. The summed E-state index contributed by atoms with van der Waals surface area (Å²) in [7, 11) is 2.01. The number of nitrogens with zero attached hydrogens (tertiary/aromatic N) is 2. The van der Waals surface area contributed by atoms with E-state index in [4.69, 9.17) is 0 Å². The fraction of sp³-hybridized carbons (Fsp3) is 0.421. The third kappa shape index (κ3) is 4.31. The van der Waals surface area contributed by atoms with Crippen LogP contribution in [0.4, 0.5) is 0 Å². The van der Waals surface area contributed by atoms with Crippen molar-refractivity contribution in [3.8, 4) is 0 Å². The molecule has 2 rings (SSSR count). The Morgan fingerprint density at radius 2 is 1.95 bits per heavy atom. The monoisotopic (exact) mass is 297 g/mol. The predicted molar refractivity (Wildman–Crippen MR) is 93.9 cm³/mol. The Bertz CT molecular complexity index is 638. The van der Waals surface area contributed by atoms with Gasteiger partial charge in [0, 0.05) is 25.3 Å². The Morgan fingerprint density at radius 3 is 2.55 bits per heavy atom. The molecular formula is C19H27N3. The molecule has 0 spiro atoms. The highest BCUT2D eigenvalue weighted by Gasteiger charge is 2.12. The number of nitrogens with one attached hydrogen (secondary N) is 1. The van der Waals surface area contributed by atoms with Gasteiger partial charge in [-0.1, -0.05) is 42.0 Å². The highest BCUT2D eigenvalue weighted by Crippen LogP contribution is 2.14. The van der Waals surface area contributed by atoms with Gasteiger partial charge >= 0.3 is 0 Å². The lowest BCUT2D eigenvalue weighted by atomic mass is 10.0. The van der Waals surface area contributed by atoms with Crippen LogP contribution in [0, 0.1) is 13.8 Å². The molecule has 0 saturated heterocycles. The van der Waals surface area contributed by atoms with Gasteiger partial charge in [0.25, 0.3) is 0 Å². The van der Waals surface area contributed by atoms with Crippen LogP contribution in [-0.4, -0.2) is 22.4 Å². The molecule has 0 saturated carbocycles. The van der Waals surface area contributed by atoms with E-state index in [0.717, 1.165) is 18.7 Å². The number of hydrogen-bond acceptors (Lipinski definition) is 2. The Labute approximate surface area is 134 Å². The summed E-state index contributed by atoms with van der Waals surface area (Å²) in [5.41, 5.74) is 6.38. The molecule has 118 valence electrons. The highest BCUT2D eigenvalue weighted by atomic mass is 15.3. The average Bonchev–Trinajstić information content (AvgIpc) is 2.73. The lowest BCUT2D eigenvalue weighted by Crippen LogP contribution is -2.29. The molecule has 3 heteroatoms. The number of aromatic nitrogens is 2. The highest BCUT2D eigenvalue weighted by molar-refractivity contribution is 5.52.